The van der Waals surface area contributed by atoms with Crippen molar-refractivity contribution in [2.45, 2.75) is 18.9 Å². The van der Waals surface area contributed by atoms with Crippen molar-refractivity contribution >= 4 is 39.3 Å². The third-order valence-electron chi connectivity index (χ3n) is 3.36. The summed E-state index contributed by atoms with van der Waals surface area (Å²) in [7, 11) is 0. The molecule has 0 radical (unpaired) electrons. The van der Waals surface area contributed by atoms with E-state index in [-0.39, 0.29) is 0 Å². The van der Waals surface area contributed by atoms with Crippen LogP contribution in [-0.4, -0.2) is 41.1 Å². The first-order valence-electron chi connectivity index (χ1n) is 6.60. The molecule has 1 aliphatic rings. The van der Waals surface area contributed by atoms with Crippen LogP contribution in [-0.2, 0) is 0 Å². The fourth-order valence-electron chi connectivity index (χ4n) is 2.25. The summed E-state index contributed by atoms with van der Waals surface area (Å²) < 4.78 is 0.943. The highest BCUT2D eigenvalue weighted by Gasteiger charge is 2.15. The van der Waals surface area contributed by atoms with Gasteiger partial charge in [0.2, 0.25) is 0 Å². The molecule has 19 heavy (non-hydrogen) atoms. The van der Waals surface area contributed by atoms with Crippen LogP contribution >= 0.6 is 39.3 Å². The predicted molar refractivity (Wildman–Crippen MR) is 87.1 cm³/mol. The topological polar surface area (TPSA) is 23.5 Å². The maximum atomic E-state index is 10.3. The Morgan fingerprint density at radius 3 is 3.00 bits per heavy atom. The molecule has 0 aromatic heterocycles. The van der Waals surface area contributed by atoms with Gasteiger partial charge in [-0.25, -0.2) is 0 Å². The van der Waals surface area contributed by atoms with Crippen LogP contribution in [0.5, 0.6) is 0 Å². The molecule has 1 saturated heterocycles. The zero-order chi connectivity index (χ0) is 13.7. The second-order valence-corrected chi connectivity index (χ2v) is 7.33. The Bertz CT molecular complexity index is 410. The first kappa shape index (κ1) is 15.6. The van der Waals surface area contributed by atoms with E-state index in [1.807, 2.05) is 30.0 Å². The summed E-state index contributed by atoms with van der Waals surface area (Å²) in [6.45, 7) is 3.22. The van der Waals surface area contributed by atoms with E-state index in [2.05, 4.69) is 20.8 Å². The van der Waals surface area contributed by atoms with Gasteiger partial charge in [0.05, 0.1) is 6.10 Å². The Balaban J connectivity index is 1.87. The summed E-state index contributed by atoms with van der Waals surface area (Å²) in [6, 6.07) is 5.66. The Hall–Kier alpha value is 0.260. The van der Waals surface area contributed by atoms with Gasteiger partial charge < -0.3 is 10.0 Å². The Labute approximate surface area is 132 Å². The number of hydrogen-bond acceptors (Lipinski definition) is 3. The lowest BCUT2D eigenvalue weighted by Gasteiger charge is -2.21. The minimum Gasteiger partial charge on any atom is -0.388 e. The number of hydrogen-bond donors (Lipinski definition) is 1. The van der Waals surface area contributed by atoms with Gasteiger partial charge in [-0.1, -0.05) is 33.6 Å². The van der Waals surface area contributed by atoms with Crippen LogP contribution in [0.1, 0.15) is 24.5 Å². The zero-order valence-electron chi connectivity index (χ0n) is 10.8. The van der Waals surface area contributed by atoms with E-state index in [9.17, 15) is 5.11 Å². The molecule has 1 fully saturated rings. The lowest BCUT2D eigenvalue weighted by Crippen LogP contribution is -2.28. The molecular formula is C14H19BrClNOS. The van der Waals surface area contributed by atoms with Crippen molar-refractivity contribution in [3.8, 4) is 0 Å². The number of nitrogens with zero attached hydrogens (tertiary/aromatic N) is 1. The van der Waals surface area contributed by atoms with E-state index < -0.39 is 6.10 Å². The summed E-state index contributed by atoms with van der Waals surface area (Å²) in [5.41, 5.74) is 0.828. The number of benzene rings is 1. The van der Waals surface area contributed by atoms with Crippen LogP contribution in [0.2, 0.25) is 5.02 Å². The molecule has 1 atom stereocenters. The molecule has 2 rings (SSSR count). The highest BCUT2D eigenvalue weighted by molar-refractivity contribution is 9.10. The average Bonchev–Trinajstić information content (AvgIpc) is 2.64. The van der Waals surface area contributed by atoms with Crippen LogP contribution < -0.4 is 0 Å². The maximum absolute atomic E-state index is 10.3. The lowest BCUT2D eigenvalue weighted by molar-refractivity contribution is 0.144. The van der Waals surface area contributed by atoms with Gasteiger partial charge in [-0.2, -0.15) is 11.8 Å². The molecule has 1 N–H and O–H groups in total. The zero-order valence-corrected chi connectivity index (χ0v) is 14.0. The molecule has 0 spiro atoms. The predicted octanol–water partition coefficient (Wildman–Crippen LogP) is 3.96. The number of aliphatic hydroxyl groups excluding tert-OH is 1. The number of aliphatic hydroxyl groups is 1. The second-order valence-electron chi connectivity index (χ2n) is 4.78. The number of halogens is 2. The fourth-order valence-corrected chi connectivity index (χ4v) is 3.98. The molecule has 2 nitrogen and oxygen atoms in total. The Morgan fingerprint density at radius 1 is 1.37 bits per heavy atom. The van der Waals surface area contributed by atoms with Gasteiger partial charge >= 0.3 is 0 Å². The molecule has 1 aliphatic heterocycles. The molecular weight excluding hydrogens is 346 g/mol. The summed E-state index contributed by atoms with van der Waals surface area (Å²) >= 11 is 11.6. The van der Waals surface area contributed by atoms with E-state index in [0.717, 1.165) is 36.1 Å². The minimum atomic E-state index is -0.475. The summed E-state index contributed by atoms with van der Waals surface area (Å²) in [5.74, 6) is 2.47. The van der Waals surface area contributed by atoms with Gasteiger partial charge in [0.1, 0.15) is 0 Å². The monoisotopic (exact) mass is 363 g/mol. The summed E-state index contributed by atoms with van der Waals surface area (Å²) in [5, 5.41) is 10.9. The number of thioether (sulfide) groups is 1. The van der Waals surface area contributed by atoms with Gasteiger partial charge in [-0.15, -0.1) is 0 Å². The van der Waals surface area contributed by atoms with E-state index in [1.165, 1.54) is 17.9 Å². The van der Waals surface area contributed by atoms with Crippen LogP contribution in [0.4, 0.5) is 0 Å². The molecule has 5 heteroatoms. The lowest BCUT2D eigenvalue weighted by atomic mass is 10.1. The van der Waals surface area contributed by atoms with E-state index in [1.54, 1.807) is 0 Å². The molecule has 0 aliphatic carbocycles. The fraction of sp³-hybridized carbons (Fsp3) is 0.571. The molecule has 0 saturated carbocycles. The molecule has 1 aromatic rings. The van der Waals surface area contributed by atoms with Crippen LogP contribution in [0.25, 0.3) is 0 Å². The van der Waals surface area contributed by atoms with Crippen molar-refractivity contribution in [2.24, 2.45) is 0 Å². The third kappa shape index (κ3) is 4.94. The molecule has 1 aromatic carbocycles. The SMILES string of the molecule is OC(CCN1CCCSCC1)c1ccc(Br)cc1Cl. The van der Waals surface area contributed by atoms with E-state index >= 15 is 0 Å². The van der Waals surface area contributed by atoms with Crippen molar-refractivity contribution < 1.29 is 5.11 Å². The first-order valence-corrected chi connectivity index (χ1v) is 8.92. The Kier molecular flexibility index (Phi) is 6.50. The van der Waals surface area contributed by atoms with Crippen molar-refractivity contribution in [1.29, 1.82) is 0 Å². The van der Waals surface area contributed by atoms with Crippen molar-refractivity contribution in [2.75, 3.05) is 31.1 Å². The third-order valence-corrected chi connectivity index (χ3v) is 5.22. The normalized spacial score (nSPS) is 19.1. The van der Waals surface area contributed by atoms with Crippen molar-refractivity contribution in [3.63, 3.8) is 0 Å². The molecule has 0 amide bonds. The van der Waals surface area contributed by atoms with Crippen molar-refractivity contribution in [1.82, 2.24) is 4.90 Å². The largest absolute Gasteiger partial charge is 0.388 e. The number of rotatable bonds is 4. The smallest absolute Gasteiger partial charge is 0.0816 e. The van der Waals surface area contributed by atoms with Crippen molar-refractivity contribution in [3.05, 3.63) is 33.3 Å². The highest BCUT2D eigenvalue weighted by Crippen LogP contribution is 2.28. The van der Waals surface area contributed by atoms with E-state index in [4.69, 9.17) is 11.6 Å². The quantitative estimate of drug-likeness (QED) is 0.874. The molecule has 1 unspecified atom stereocenters. The van der Waals surface area contributed by atoms with Gasteiger partial charge in [0.25, 0.3) is 0 Å². The van der Waals surface area contributed by atoms with Gasteiger partial charge in [-0.05, 0) is 42.8 Å². The highest BCUT2D eigenvalue weighted by atomic mass is 79.9. The maximum Gasteiger partial charge on any atom is 0.0816 e. The van der Waals surface area contributed by atoms with Crippen LogP contribution in [0, 0.1) is 0 Å². The molecule has 1 heterocycles. The van der Waals surface area contributed by atoms with Gasteiger partial charge in [0.15, 0.2) is 0 Å². The first-order chi connectivity index (χ1) is 9.16. The average molecular weight is 365 g/mol. The van der Waals surface area contributed by atoms with Gasteiger partial charge in [0, 0.05) is 28.3 Å². The molecule has 0 bridgehead atoms. The summed E-state index contributed by atoms with van der Waals surface area (Å²) in [6.07, 6.45) is 1.52. The van der Waals surface area contributed by atoms with E-state index in [0.29, 0.717) is 5.02 Å². The van der Waals surface area contributed by atoms with Crippen LogP contribution in [0.3, 0.4) is 0 Å². The second kappa shape index (κ2) is 7.89. The summed E-state index contributed by atoms with van der Waals surface area (Å²) in [4.78, 5) is 2.44. The van der Waals surface area contributed by atoms with Gasteiger partial charge in [-0.3, -0.25) is 0 Å². The van der Waals surface area contributed by atoms with Crippen LogP contribution in [0.15, 0.2) is 22.7 Å². The minimum absolute atomic E-state index is 0.475. The Morgan fingerprint density at radius 2 is 2.21 bits per heavy atom. The molecule has 106 valence electrons. The standard InChI is InChI=1S/C14H19BrClNOS/c15-11-2-3-12(13(16)10-11)14(18)4-6-17-5-1-8-19-9-7-17/h2-3,10,14,18H,1,4-9H2.